The van der Waals surface area contributed by atoms with Gasteiger partial charge in [-0.1, -0.05) is 38.1 Å². The smallest absolute Gasteiger partial charge is 0.325 e. The second-order valence-corrected chi connectivity index (χ2v) is 8.32. The third-order valence-electron chi connectivity index (χ3n) is 5.54. The summed E-state index contributed by atoms with van der Waals surface area (Å²) in [5, 5.41) is 0. The highest BCUT2D eigenvalue weighted by molar-refractivity contribution is 6.01. The highest BCUT2D eigenvalue weighted by Crippen LogP contribution is 2.39. The number of hydrogen-bond donors (Lipinski definition) is 0. The third kappa shape index (κ3) is 3.85. The van der Waals surface area contributed by atoms with E-state index in [2.05, 4.69) is 32.9 Å². The Balaban J connectivity index is 2.11. The second-order valence-electron chi connectivity index (χ2n) is 8.32. The molecule has 4 nitrogen and oxygen atoms in total. The van der Waals surface area contributed by atoms with Gasteiger partial charge in [-0.15, -0.1) is 0 Å². The number of ether oxygens (including phenoxy) is 1. The summed E-state index contributed by atoms with van der Waals surface area (Å²) in [6.07, 6.45) is 2.05. The van der Waals surface area contributed by atoms with E-state index in [9.17, 15) is 9.59 Å². The lowest BCUT2D eigenvalue weighted by Gasteiger charge is -2.30. The molecule has 0 unspecified atom stereocenters. The van der Waals surface area contributed by atoms with Crippen LogP contribution in [0.3, 0.4) is 0 Å². The molecule has 0 saturated heterocycles. The number of aromatic nitrogens is 1. The summed E-state index contributed by atoms with van der Waals surface area (Å²) in [6, 6.07) is 8.27. The second kappa shape index (κ2) is 7.34. The molecule has 0 saturated carbocycles. The lowest BCUT2D eigenvalue weighted by Crippen LogP contribution is -2.29. The van der Waals surface area contributed by atoms with Crippen LogP contribution < -0.4 is 0 Å². The van der Waals surface area contributed by atoms with Crippen molar-refractivity contribution in [3.8, 4) is 0 Å². The van der Waals surface area contributed by atoms with E-state index < -0.39 is 0 Å². The van der Waals surface area contributed by atoms with Crippen molar-refractivity contribution < 1.29 is 14.3 Å². The van der Waals surface area contributed by atoms with Crippen LogP contribution in [0.25, 0.3) is 0 Å². The van der Waals surface area contributed by atoms with E-state index in [1.54, 1.807) is 0 Å². The van der Waals surface area contributed by atoms with Crippen molar-refractivity contribution >= 4 is 11.8 Å². The minimum absolute atomic E-state index is 0.0960. The van der Waals surface area contributed by atoms with Gasteiger partial charge in [-0.05, 0) is 49.3 Å². The maximum absolute atomic E-state index is 13.0. The lowest BCUT2D eigenvalue weighted by atomic mass is 9.75. The number of carbonyl (C=O) groups is 2. The summed E-state index contributed by atoms with van der Waals surface area (Å²) in [6.45, 7) is 10.7. The number of Topliss-reactive ketones (excluding diaryl/α,β-unsaturated/α-hetero) is 1. The van der Waals surface area contributed by atoms with Gasteiger partial charge in [0.1, 0.15) is 6.54 Å². The maximum atomic E-state index is 13.0. The van der Waals surface area contributed by atoms with Gasteiger partial charge in [0, 0.05) is 29.8 Å². The van der Waals surface area contributed by atoms with Crippen molar-refractivity contribution in [2.45, 2.75) is 60.4 Å². The van der Waals surface area contributed by atoms with Gasteiger partial charge in [0.25, 0.3) is 0 Å². The van der Waals surface area contributed by atoms with Crippen LogP contribution >= 0.6 is 0 Å². The summed E-state index contributed by atoms with van der Waals surface area (Å²) in [4.78, 5) is 25.2. The summed E-state index contributed by atoms with van der Waals surface area (Å²) in [5.74, 6) is -0.0628. The van der Waals surface area contributed by atoms with Crippen LogP contribution in [0, 0.1) is 19.3 Å². The molecular formula is C23H29NO3. The number of nitrogens with zero attached hydrogens (tertiary/aromatic N) is 1. The van der Waals surface area contributed by atoms with Crippen LogP contribution in [0.15, 0.2) is 24.3 Å². The SMILES string of the molecule is CCOC(=O)Cn1c(C)c(Cc2ccccc2C)c2c1CC(C)(C)CC2=O. The summed E-state index contributed by atoms with van der Waals surface area (Å²) in [5.41, 5.74) is 6.22. The molecule has 2 aromatic rings. The van der Waals surface area contributed by atoms with E-state index in [1.807, 2.05) is 30.5 Å². The molecule has 1 heterocycles. The Bertz CT molecular complexity index is 889. The molecular weight excluding hydrogens is 338 g/mol. The zero-order valence-electron chi connectivity index (χ0n) is 17.0. The lowest BCUT2D eigenvalue weighted by molar-refractivity contribution is -0.143. The Morgan fingerprint density at radius 2 is 1.89 bits per heavy atom. The standard InChI is InChI=1S/C23H29NO3/c1-6-27-21(26)14-24-16(3)18(11-17-10-8-7-9-15(17)2)22-19(24)12-23(4,5)13-20(22)25/h7-10H,6,11-14H2,1-5H3. The number of rotatable bonds is 5. The fourth-order valence-corrected chi connectivity index (χ4v) is 4.17. The summed E-state index contributed by atoms with van der Waals surface area (Å²) >= 11 is 0. The van der Waals surface area contributed by atoms with Crippen LogP contribution in [0.4, 0.5) is 0 Å². The molecule has 4 heteroatoms. The number of hydrogen-bond acceptors (Lipinski definition) is 3. The Labute approximate surface area is 161 Å². The van der Waals surface area contributed by atoms with Gasteiger partial charge in [0.05, 0.1) is 6.61 Å². The van der Waals surface area contributed by atoms with Gasteiger partial charge in [-0.3, -0.25) is 9.59 Å². The average Bonchev–Trinajstić information content (AvgIpc) is 2.81. The molecule has 1 aliphatic rings. The first-order valence-corrected chi connectivity index (χ1v) is 9.67. The fourth-order valence-electron chi connectivity index (χ4n) is 4.17. The van der Waals surface area contributed by atoms with Crippen molar-refractivity contribution in [3.05, 3.63) is 57.9 Å². The molecule has 1 aromatic heterocycles. The molecule has 3 rings (SSSR count). The maximum Gasteiger partial charge on any atom is 0.325 e. The Kier molecular flexibility index (Phi) is 5.27. The molecule has 1 aromatic carbocycles. The van der Waals surface area contributed by atoms with Crippen molar-refractivity contribution in [3.63, 3.8) is 0 Å². The molecule has 0 amide bonds. The molecule has 27 heavy (non-hydrogen) atoms. The van der Waals surface area contributed by atoms with Gasteiger partial charge in [0.2, 0.25) is 0 Å². The molecule has 0 fully saturated rings. The van der Waals surface area contributed by atoms with Crippen LogP contribution in [0.5, 0.6) is 0 Å². The van der Waals surface area contributed by atoms with E-state index in [-0.39, 0.29) is 23.7 Å². The average molecular weight is 367 g/mol. The summed E-state index contributed by atoms with van der Waals surface area (Å²) < 4.78 is 7.19. The fraction of sp³-hybridized carbons (Fsp3) is 0.478. The Morgan fingerprint density at radius 1 is 1.19 bits per heavy atom. The van der Waals surface area contributed by atoms with Crippen molar-refractivity contribution in [2.24, 2.45) is 5.41 Å². The first kappa shape index (κ1) is 19.4. The molecule has 0 spiro atoms. The topological polar surface area (TPSA) is 48.3 Å². The number of ketones is 1. The van der Waals surface area contributed by atoms with Gasteiger partial charge < -0.3 is 9.30 Å². The quantitative estimate of drug-likeness (QED) is 0.735. The van der Waals surface area contributed by atoms with Gasteiger partial charge in [-0.2, -0.15) is 0 Å². The van der Waals surface area contributed by atoms with E-state index in [0.29, 0.717) is 19.4 Å². The molecule has 0 radical (unpaired) electrons. The van der Waals surface area contributed by atoms with Gasteiger partial charge in [-0.25, -0.2) is 0 Å². The predicted octanol–water partition coefficient (Wildman–Crippen LogP) is 4.41. The van der Waals surface area contributed by atoms with E-state index in [0.717, 1.165) is 28.9 Å². The zero-order valence-corrected chi connectivity index (χ0v) is 17.0. The normalized spacial score (nSPS) is 15.5. The van der Waals surface area contributed by atoms with E-state index >= 15 is 0 Å². The first-order valence-electron chi connectivity index (χ1n) is 9.67. The summed E-state index contributed by atoms with van der Waals surface area (Å²) in [7, 11) is 0. The van der Waals surface area contributed by atoms with Crippen molar-refractivity contribution in [2.75, 3.05) is 6.61 Å². The van der Waals surface area contributed by atoms with Crippen molar-refractivity contribution in [1.29, 1.82) is 0 Å². The molecule has 0 bridgehead atoms. The van der Waals surface area contributed by atoms with Crippen molar-refractivity contribution in [1.82, 2.24) is 4.57 Å². The number of carbonyl (C=O) groups excluding carboxylic acids is 2. The third-order valence-corrected chi connectivity index (χ3v) is 5.54. The van der Waals surface area contributed by atoms with Gasteiger partial charge >= 0.3 is 5.97 Å². The van der Waals surface area contributed by atoms with Crippen LogP contribution in [-0.4, -0.2) is 22.9 Å². The first-order chi connectivity index (χ1) is 12.7. The molecule has 144 valence electrons. The Morgan fingerprint density at radius 3 is 2.56 bits per heavy atom. The monoisotopic (exact) mass is 367 g/mol. The molecule has 0 N–H and O–H groups in total. The minimum atomic E-state index is -0.253. The van der Waals surface area contributed by atoms with Gasteiger partial charge in [0.15, 0.2) is 5.78 Å². The number of aryl methyl sites for hydroxylation is 1. The van der Waals surface area contributed by atoms with Crippen LogP contribution in [0.1, 0.15) is 65.6 Å². The highest BCUT2D eigenvalue weighted by Gasteiger charge is 2.37. The van der Waals surface area contributed by atoms with Crippen LogP contribution in [0.2, 0.25) is 0 Å². The van der Waals surface area contributed by atoms with E-state index in [4.69, 9.17) is 4.74 Å². The van der Waals surface area contributed by atoms with Crippen LogP contribution in [-0.2, 0) is 28.9 Å². The number of esters is 1. The molecule has 0 aliphatic heterocycles. The van der Waals surface area contributed by atoms with E-state index in [1.165, 1.54) is 11.1 Å². The highest BCUT2D eigenvalue weighted by atomic mass is 16.5. The Hall–Kier alpha value is -2.36. The minimum Gasteiger partial charge on any atom is -0.465 e. The predicted molar refractivity (Wildman–Crippen MR) is 106 cm³/mol. The molecule has 0 atom stereocenters. The molecule has 1 aliphatic carbocycles. The number of fused-ring (bicyclic) bond motifs is 1. The number of benzene rings is 1. The zero-order chi connectivity index (χ0) is 19.8. The largest absolute Gasteiger partial charge is 0.465 e.